The first-order valence-corrected chi connectivity index (χ1v) is 9.14. The van der Waals surface area contributed by atoms with E-state index in [-0.39, 0.29) is 30.9 Å². The van der Waals surface area contributed by atoms with Crippen LogP contribution >= 0.6 is 11.6 Å². The fourth-order valence-corrected chi connectivity index (χ4v) is 3.02. The van der Waals surface area contributed by atoms with Crippen LogP contribution in [0.5, 0.6) is 5.75 Å². The molecule has 0 bridgehead atoms. The maximum Gasteiger partial charge on any atom is 0.326 e. The molecule has 1 aliphatic heterocycles. The summed E-state index contributed by atoms with van der Waals surface area (Å²) >= 11 is 6.03. The molecule has 1 aliphatic rings. The molecule has 0 aliphatic carbocycles. The molecule has 0 saturated carbocycles. The van der Waals surface area contributed by atoms with Gasteiger partial charge in [0, 0.05) is 25.6 Å². The van der Waals surface area contributed by atoms with E-state index in [0.717, 1.165) is 10.5 Å². The van der Waals surface area contributed by atoms with Crippen molar-refractivity contribution in [2.75, 3.05) is 25.5 Å². The number of carbonyl (C=O) groups is 3. The number of benzene rings is 2. The highest BCUT2D eigenvalue weighted by Crippen LogP contribution is 2.23. The summed E-state index contributed by atoms with van der Waals surface area (Å²) < 4.78 is 5.66. The minimum absolute atomic E-state index is 0.193. The average Bonchev–Trinajstić information content (AvgIpc) is 2.69. The highest BCUT2D eigenvalue weighted by molar-refractivity contribution is 6.33. The molecule has 0 unspecified atom stereocenters. The van der Waals surface area contributed by atoms with Crippen molar-refractivity contribution in [1.82, 2.24) is 9.80 Å². The van der Waals surface area contributed by atoms with Crippen LogP contribution in [-0.2, 0) is 16.1 Å². The van der Waals surface area contributed by atoms with Gasteiger partial charge in [0.2, 0.25) is 5.91 Å². The topological polar surface area (TPSA) is 79.0 Å². The van der Waals surface area contributed by atoms with E-state index in [9.17, 15) is 14.4 Å². The van der Waals surface area contributed by atoms with Crippen LogP contribution in [0.2, 0.25) is 5.02 Å². The number of ether oxygens (including phenoxy) is 1. The molecule has 4 amide bonds. The highest BCUT2D eigenvalue weighted by Gasteiger charge is 2.29. The molecular formula is C20H20ClN3O4. The van der Waals surface area contributed by atoms with Crippen molar-refractivity contribution in [3.63, 3.8) is 0 Å². The lowest BCUT2D eigenvalue weighted by molar-refractivity contribution is -0.129. The van der Waals surface area contributed by atoms with Gasteiger partial charge in [0.15, 0.2) is 6.61 Å². The lowest BCUT2D eigenvalue weighted by atomic mass is 10.1. The number of carbonyl (C=O) groups excluding carboxylic acids is 3. The first kappa shape index (κ1) is 19.7. The molecule has 0 radical (unpaired) electrons. The Labute approximate surface area is 167 Å². The standard InChI is InChI=1S/C20H20ClN3O4/c1-23-19(26)10-11-24(20(23)27)12-14-6-2-5-9-17(14)28-13-18(25)22-16-8-4-3-7-15(16)21/h2-9H,10-13H2,1H3,(H,22,25). The lowest BCUT2D eigenvalue weighted by Crippen LogP contribution is -2.49. The van der Waals surface area contributed by atoms with E-state index in [1.807, 2.05) is 12.1 Å². The van der Waals surface area contributed by atoms with Gasteiger partial charge in [-0.15, -0.1) is 0 Å². The van der Waals surface area contributed by atoms with E-state index in [1.54, 1.807) is 41.3 Å². The zero-order valence-corrected chi connectivity index (χ0v) is 16.1. The van der Waals surface area contributed by atoms with Crippen LogP contribution in [0.4, 0.5) is 10.5 Å². The Balaban J connectivity index is 1.62. The lowest BCUT2D eigenvalue weighted by Gasteiger charge is -2.32. The molecule has 1 heterocycles. The number of imide groups is 1. The van der Waals surface area contributed by atoms with E-state index >= 15 is 0 Å². The van der Waals surface area contributed by atoms with Crippen LogP contribution in [0, 0.1) is 0 Å². The quantitative estimate of drug-likeness (QED) is 0.806. The van der Waals surface area contributed by atoms with E-state index < -0.39 is 0 Å². The molecule has 0 atom stereocenters. The second-order valence-corrected chi connectivity index (χ2v) is 6.74. The second kappa shape index (κ2) is 8.75. The highest BCUT2D eigenvalue weighted by atomic mass is 35.5. The summed E-state index contributed by atoms with van der Waals surface area (Å²) in [7, 11) is 1.47. The van der Waals surface area contributed by atoms with Crippen LogP contribution in [0.25, 0.3) is 0 Å². The van der Waals surface area contributed by atoms with Gasteiger partial charge in [0.1, 0.15) is 5.75 Å². The normalized spacial score (nSPS) is 14.2. The van der Waals surface area contributed by atoms with Crippen LogP contribution in [0.3, 0.4) is 0 Å². The molecule has 1 saturated heterocycles. The van der Waals surface area contributed by atoms with Crippen molar-refractivity contribution in [3.8, 4) is 5.75 Å². The van der Waals surface area contributed by atoms with Crippen molar-refractivity contribution in [1.29, 1.82) is 0 Å². The summed E-state index contributed by atoms with van der Waals surface area (Å²) in [5.41, 5.74) is 1.27. The molecule has 3 rings (SSSR count). The van der Waals surface area contributed by atoms with E-state index in [0.29, 0.717) is 29.5 Å². The Bertz CT molecular complexity index is 903. The number of nitrogens with zero attached hydrogens (tertiary/aromatic N) is 2. The van der Waals surface area contributed by atoms with Gasteiger partial charge in [-0.05, 0) is 18.2 Å². The van der Waals surface area contributed by atoms with Crippen LogP contribution in [0.1, 0.15) is 12.0 Å². The minimum Gasteiger partial charge on any atom is -0.483 e. The summed E-state index contributed by atoms with van der Waals surface area (Å²) in [5, 5.41) is 3.14. The number of rotatable bonds is 6. The van der Waals surface area contributed by atoms with Crippen LogP contribution in [0.15, 0.2) is 48.5 Å². The largest absolute Gasteiger partial charge is 0.483 e. The summed E-state index contributed by atoms with van der Waals surface area (Å²) in [6.45, 7) is 0.441. The number of amides is 4. The number of halogens is 1. The third-order valence-corrected chi connectivity index (χ3v) is 4.70. The Hall–Kier alpha value is -3.06. The maximum absolute atomic E-state index is 12.3. The Morgan fingerprint density at radius 3 is 2.64 bits per heavy atom. The van der Waals surface area contributed by atoms with Gasteiger partial charge in [-0.2, -0.15) is 0 Å². The average molecular weight is 402 g/mol. The second-order valence-electron chi connectivity index (χ2n) is 6.33. The smallest absolute Gasteiger partial charge is 0.326 e. The van der Waals surface area contributed by atoms with Gasteiger partial charge in [-0.3, -0.25) is 14.5 Å². The van der Waals surface area contributed by atoms with Crippen molar-refractivity contribution in [3.05, 3.63) is 59.1 Å². The van der Waals surface area contributed by atoms with Gasteiger partial charge in [-0.25, -0.2) is 4.79 Å². The fraction of sp³-hybridized carbons (Fsp3) is 0.250. The maximum atomic E-state index is 12.3. The third kappa shape index (κ3) is 4.61. The van der Waals surface area contributed by atoms with Crippen molar-refractivity contribution in [2.45, 2.75) is 13.0 Å². The predicted octanol–water partition coefficient (Wildman–Crippen LogP) is 3.14. The minimum atomic E-state index is -0.345. The fourth-order valence-electron chi connectivity index (χ4n) is 2.83. The number of nitrogens with one attached hydrogen (secondary N) is 1. The Kier molecular flexibility index (Phi) is 6.16. The molecule has 2 aromatic carbocycles. The molecule has 1 N–H and O–H groups in total. The Morgan fingerprint density at radius 2 is 1.86 bits per heavy atom. The molecule has 7 nitrogen and oxygen atoms in total. The van der Waals surface area contributed by atoms with Gasteiger partial charge in [0.25, 0.3) is 5.91 Å². The zero-order valence-electron chi connectivity index (χ0n) is 15.4. The van der Waals surface area contributed by atoms with E-state index in [4.69, 9.17) is 16.3 Å². The van der Waals surface area contributed by atoms with Gasteiger partial charge >= 0.3 is 6.03 Å². The van der Waals surface area contributed by atoms with E-state index in [2.05, 4.69) is 5.32 Å². The van der Waals surface area contributed by atoms with Gasteiger partial charge in [-0.1, -0.05) is 41.9 Å². The van der Waals surface area contributed by atoms with Crippen molar-refractivity contribution >= 4 is 35.1 Å². The number of anilines is 1. The number of urea groups is 1. The molecule has 0 spiro atoms. The predicted molar refractivity (Wildman–Crippen MR) is 105 cm³/mol. The van der Waals surface area contributed by atoms with Gasteiger partial charge < -0.3 is 15.0 Å². The molecule has 1 fully saturated rings. The first-order valence-electron chi connectivity index (χ1n) is 8.76. The third-order valence-electron chi connectivity index (χ3n) is 4.37. The Morgan fingerprint density at radius 1 is 1.14 bits per heavy atom. The van der Waals surface area contributed by atoms with Gasteiger partial charge in [0.05, 0.1) is 17.3 Å². The molecule has 8 heteroatoms. The number of hydrogen-bond donors (Lipinski definition) is 1. The van der Waals surface area contributed by atoms with Crippen molar-refractivity contribution < 1.29 is 19.1 Å². The SMILES string of the molecule is CN1C(=O)CCN(Cc2ccccc2OCC(=O)Nc2ccccc2Cl)C1=O. The van der Waals surface area contributed by atoms with E-state index in [1.165, 1.54) is 7.05 Å². The summed E-state index contributed by atoms with van der Waals surface area (Å²) in [4.78, 5) is 38.7. The molecule has 2 aromatic rings. The molecular weight excluding hydrogens is 382 g/mol. The van der Waals surface area contributed by atoms with Crippen molar-refractivity contribution in [2.24, 2.45) is 0 Å². The molecule has 146 valence electrons. The molecule has 28 heavy (non-hydrogen) atoms. The number of para-hydroxylation sites is 2. The summed E-state index contributed by atoms with van der Waals surface area (Å²) in [6, 6.07) is 13.8. The summed E-state index contributed by atoms with van der Waals surface area (Å²) in [5.74, 6) is -0.0338. The molecule has 0 aromatic heterocycles. The van der Waals surface area contributed by atoms with Crippen LogP contribution in [-0.4, -0.2) is 47.8 Å². The zero-order chi connectivity index (χ0) is 20.1. The van der Waals surface area contributed by atoms with Crippen LogP contribution < -0.4 is 10.1 Å². The number of hydrogen-bond acceptors (Lipinski definition) is 4. The monoisotopic (exact) mass is 401 g/mol. The summed E-state index contributed by atoms with van der Waals surface area (Å²) in [6.07, 6.45) is 0.283. The first-order chi connectivity index (χ1) is 13.5.